The van der Waals surface area contributed by atoms with Crippen LogP contribution >= 0.6 is 11.6 Å². The lowest BCUT2D eigenvalue weighted by Crippen LogP contribution is -2.36. The Morgan fingerprint density at radius 2 is 2.14 bits per heavy atom. The number of carbonyl (C=O) groups excluding carboxylic acids is 1. The van der Waals surface area contributed by atoms with E-state index in [1.54, 1.807) is 0 Å². The van der Waals surface area contributed by atoms with Crippen LogP contribution in [0, 0.1) is 5.92 Å². The molecule has 1 aliphatic heterocycles. The number of rotatable bonds is 4. The number of likely N-dealkylation sites (tertiary alicyclic amines) is 1. The SMILES string of the molecule is O=C(C1CC1)N1CCCC1CCCCl. The van der Waals surface area contributed by atoms with Crippen LogP contribution in [0.2, 0.25) is 0 Å². The van der Waals surface area contributed by atoms with Gasteiger partial charge in [0.1, 0.15) is 0 Å². The highest BCUT2D eigenvalue weighted by molar-refractivity contribution is 6.17. The Morgan fingerprint density at radius 3 is 2.79 bits per heavy atom. The molecule has 2 nitrogen and oxygen atoms in total. The number of hydrogen-bond acceptors (Lipinski definition) is 1. The third kappa shape index (κ3) is 2.22. The van der Waals surface area contributed by atoms with Crippen LogP contribution in [0.4, 0.5) is 0 Å². The minimum Gasteiger partial charge on any atom is -0.339 e. The first-order chi connectivity index (χ1) is 6.83. The molecule has 1 unspecified atom stereocenters. The molecule has 2 aliphatic rings. The average molecular weight is 216 g/mol. The van der Waals surface area contributed by atoms with E-state index in [4.69, 9.17) is 11.6 Å². The fourth-order valence-electron chi connectivity index (χ4n) is 2.30. The van der Waals surface area contributed by atoms with E-state index in [0.717, 1.165) is 38.1 Å². The lowest BCUT2D eigenvalue weighted by Gasteiger charge is -2.24. The van der Waals surface area contributed by atoms with Crippen molar-refractivity contribution in [1.29, 1.82) is 0 Å². The highest BCUT2D eigenvalue weighted by Crippen LogP contribution is 2.34. The van der Waals surface area contributed by atoms with Gasteiger partial charge < -0.3 is 4.90 Å². The first-order valence-corrected chi connectivity index (χ1v) is 6.23. The molecule has 1 atom stereocenters. The normalized spacial score (nSPS) is 26.9. The molecule has 1 aliphatic carbocycles. The second-order valence-electron chi connectivity index (χ2n) is 4.43. The Kier molecular flexibility index (Phi) is 3.32. The van der Waals surface area contributed by atoms with Gasteiger partial charge in [-0.25, -0.2) is 0 Å². The number of alkyl halides is 1. The van der Waals surface area contributed by atoms with E-state index in [9.17, 15) is 4.79 Å². The summed E-state index contributed by atoms with van der Waals surface area (Å²) in [7, 11) is 0. The summed E-state index contributed by atoms with van der Waals surface area (Å²) in [5, 5.41) is 0. The van der Waals surface area contributed by atoms with E-state index in [-0.39, 0.29) is 0 Å². The molecule has 0 aromatic heterocycles. The van der Waals surface area contributed by atoms with Gasteiger partial charge in [-0.1, -0.05) is 0 Å². The van der Waals surface area contributed by atoms with Gasteiger partial charge in [0.25, 0.3) is 0 Å². The Balaban J connectivity index is 1.85. The van der Waals surface area contributed by atoms with Crippen molar-refractivity contribution in [1.82, 2.24) is 4.90 Å². The van der Waals surface area contributed by atoms with Gasteiger partial charge in [-0.2, -0.15) is 0 Å². The third-order valence-corrected chi connectivity index (χ3v) is 3.53. The van der Waals surface area contributed by atoms with Crippen LogP contribution in [-0.2, 0) is 4.79 Å². The molecular weight excluding hydrogens is 198 g/mol. The van der Waals surface area contributed by atoms with E-state index in [2.05, 4.69) is 4.90 Å². The van der Waals surface area contributed by atoms with Crippen molar-refractivity contribution in [2.24, 2.45) is 5.92 Å². The van der Waals surface area contributed by atoms with Crippen molar-refractivity contribution < 1.29 is 4.79 Å². The quantitative estimate of drug-likeness (QED) is 0.660. The second-order valence-corrected chi connectivity index (χ2v) is 4.81. The predicted molar refractivity (Wildman–Crippen MR) is 57.4 cm³/mol. The Morgan fingerprint density at radius 1 is 1.36 bits per heavy atom. The summed E-state index contributed by atoms with van der Waals surface area (Å²) in [6.45, 7) is 0.988. The summed E-state index contributed by atoms with van der Waals surface area (Å²) >= 11 is 5.68. The van der Waals surface area contributed by atoms with Gasteiger partial charge in [0.05, 0.1) is 0 Å². The zero-order chi connectivity index (χ0) is 9.97. The van der Waals surface area contributed by atoms with Crippen molar-refractivity contribution in [3.05, 3.63) is 0 Å². The average Bonchev–Trinajstić information content (AvgIpc) is 2.93. The number of halogens is 1. The van der Waals surface area contributed by atoms with Crippen LogP contribution in [-0.4, -0.2) is 29.3 Å². The molecule has 80 valence electrons. The first kappa shape index (κ1) is 10.3. The maximum absolute atomic E-state index is 11.9. The summed E-state index contributed by atoms with van der Waals surface area (Å²) < 4.78 is 0. The van der Waals surface area contributed by atoms with Crippen LogP contribution in [0.15, 0.2) is 0 Å². The van der Waals surface area contributed by atoms with Crippen molar-refractivity contribution in [2.45, 2.75) is 44.6 Å². The molecular formula is C11H18ClNO. The highest BCUT2D eigenvalue weighted by atomic mass is 35.5. The van der Waals surface area contributed by atoms with Gasteiger partial charge in [-0.05, 0) is 38.5 Å². The molecule has 2 fully saturated rings. The monoisotopic (exact) mass is 215 g/mol. The zero-order valence-corrected chi connectivity index (χ0v) is 9.30. The third-order valence-electron chi connectivity index (χ3n) is 3.26. The lowest BCUT2D eigenvalue weighted by molar-refractivity contribution is -0.133. The van der Waals surface area contributed by atoms with Gasteiger partial charge in [0.2, 0.25) is 5.91 Å². The largest absolute Gasteiger partial charge is 0.339 e. The molecule has 1 amide bonds. The van der Waals surface area contributed by atoms with Crippen molar-refractivity contribution in [3.8, 4) is 0 Å². The van der Waals surface area contributed by atoms with Crippen LogP contribution in [0.25, 0.3) is 0 Å². The Labute approximate surface area is 90.6 Å². The van der Waals surface area contributed by atoms with Gasteiger partial charge >= 0.3 is 0 Å². The fraction of sp³-hybridized carbons (Fsp3) is 0.909. The maximum Gasteiger partial charge on any atom is 0.225 e. The minimum absolute atomic E-state index is 0.381. The van der Waals surface area contributed by atoms with Crippen molar-refractivity contribution >= 4 is 17.5 Å². The van der Waals surface area contributed by atoms with Crippen LogP contribution in [0.1, 0.15) is 38.5 Å². The maximum atomic E-state index is 11.9. The number of amides is 1. The van der Waals surface area contributed by atoms with Crippen LogP contribution < -0.4 is 0 Å². The van der Waals surface area contributed by atoms with E-state index >= 15 is 0 Å². The molecule has 1 saturated carbocycles. The Bertz CT molecular complexity index is 215. The molecule has 0 aromatic carbocycles. The van der Waals surface area contributed by atoms with Gasteiger partial charge in [-0.3, -0.25) is 4.79 Å². The summed E-state index contributed by atoms with van der Waals surface area (Å²) in [5.74, 6) is 1.52. The molecule has 0 N–H and O–H groups in total. The smallest absolute Gasteiger partial charge is 0.225 e. The summed E-state index contributed by atoms with van der Waals surface area (Å²) in [6, 6.07) is 0.502. The molecule has 0 bridgehead atoms. The van der Waals surface area contributed by atoms with Crippen molar-refractivity contribution in [3.63, 3.8) is 0 Å². The zero-order valence-electron chi connectivity index (χ0n) is 8.54. The second kappa shape index (κ2) is 4.52. The molecule has 3 heteroatoms. The van der Waals surface area contributed by atoms with Crippen molar-refractivity contribution in [2.75, 3.05) is 12.4 Å². The van der Waals surface area contributed by atoms with Crippen LogP contribution in [0.5, 0.6) is 0 Å². The minimum atomic E-state index is 0.381. The molecule has 0 aromatic rings. The molecule has 0 spiro atoms. The topological polar surface area (TPSA) is 20.3 Å². The summed E-state index contributed by atoms with van der Waals surface area (Å²) in [4.78, 5) is 14.0. The number of carbonyl (C=O) groups is 1. The predicted octanol–water partition coefficient (Wildman–Crippen LogP) is 2.41. The number of hydrogen-bond donors (Lipinski definition) is 0. The molecule has 1 saturated heterocycles. The highest BCUT2D eigenvalue weighted by Gasteiger charge is 2.37. The lowest BCUT2D eigenvalue weighted by atomic mass is 10.1. The van der Waals surface area contributed by atoms with E-state index in [1.165, 1.54) is 12.8 Å². The molecule has 1 heterocycles. The fourth-order valence-corrected chi connectivity index (χ4v) is 2.46. The van der Waals surface area contributed by atoms with E-state index in [0.29, 0.717) is 17.9 Å². The molecule has 0 radical (unpaired) electrons. The summed E-state index contributed by atoms with van der Waals surface area (Å²) in [6.07, 6.45) is 6.76. The number of nitrogens with zero attached hydrogens (tertiary/aromatic N) is 1. The standard InChI is InChI=1S/C11H18ClNO/c12-7-1-3-10-4-2-8-13(10)11(14)9-5-6-9/h9-10H,1-8H2. The van der Waals surface area contributed by atoms with Gasteiger partial charge in [-0.15, -0.1) is 11.6 Å². The van der Waals surface area contributed by atoms with Crippen LogP contribution in [0.3, 0.4) is 0 Å². The molecule has 14 heavy (non-hydrogen) atoms. The Hall–Kier alpha value is -0.240. The van der Waals surface area contributed by atoms with Gasteiger partial charge in [0.15, 0.2) is 0 Å². The van der Waals surface area contributed by atoms with E-state index < -0.39 is 0 Å². The summed E-state index contributed by atoms with van der Waals surface area (Å²) in [5.41, 5.74) is 0. The molecule has 2 rings (SSSR count). The first-order valence-electron chi connectivity index (χ1n) is 5.69. The van der Waals surface area contributed by atoms with E-state index in [1.807, 2.05) is 0 Å². The van der Waals surface area contributed by atoms with Gasteiger partial charge in [0, 0.05) is 24.4 Å².